The van der Waals surface area contributed by atoms with Crippen molar-refractivity contribution in [1.82, 2.24) is 29.7 Å². The van der Waals surface area contributed by atoms with Gasteiger partial charge in [0.15, 0.2) is 0 Å². The van der Waals surface area contributed by atoms with Crippen molar-refractivity contribution in [2.24, 2.45) is 0 Å². The Morgan fingerprint density at radius 2 is 1.82 bits per heavy atom. The zero-order chi connectivity index (χ0) is 34.4. The van der Waals surface area contributed by atoms with Crippen LogP contribution in [0.15, 0.2) is 67.3 Å². The molecule has 0 bridgehead atoms. The highest BCUT2D eigenvalue weighted by atomic mass is 35.5. The van der Waals surface area contributed by atoms with Gasteiger partial charge in [-0.05, 0) is 48.9 Å². The summed E-state index contributed by atoms with van der Waals surface area (Å²) in [5.74, 6) is 1.14. The van der Waals surface area contributed by atoms with Gasteiger partial charge in [-0.15, -0.1) is 8.78 Å². The Morgan fingerprint density at radius 1 is 1.00 bits per heavy atom. The van der Waals surface area contributed by atoms with E-state index in [1.807, 2.05) is 23.2 Å². The number of hydrogen-bond acceptors (Lipinski definition) is 10. The molecule has 6 heterocycles. The molecular weight excluding hydrogens is 675 g/mol. The molecule has 2 fully saturated rings. The minimum atomic E-state index is -3.86. The molecule has 2 saturated heterocycles. The Labute approximate surface area is 288 Å². The number of aromatic nitrogens is 6. The Bertz CT molecular complexity index is 2070. The maximum absolute atomic E-state index is 14.3. The molecule has 1 atom stereocenters. The fraction of sp³-hybridized carbons (Fsp3) is 0.294. The van der Waals surface area contributed by atoms with Gasteiger partial charge in [-0.3, -0.25) is 9.78 Å². The summed E-state index contributed by atoms with van der Waals surface area (Å²) in [5, 5.41) is 7.61. The number of nitrogens with zero attached hydrogens (tertiary/aromatic N) is 8. The number of alkyl halides is 4. The van der Waals surface area contributed by atoms with Gasteiger partial charge in [0.25, 0.3) is 11.9 Å². The van der Waals surface area contributed by atoms with Crippen LogP contribution in [-0.2, 0) is 11.2 Å². The number of carbonyl (C=O) groups is 1. The molecule has 1 aromatic carbocycles. The summed E-state index contributed by atoms with van der Waals surface area (Å²) in [7, 11) is 0. The van der Waals surface area contributed by atoms with Gasteiger partial charge in [0, 0.05) is 90.4 Å². The number of pyridine rings is 2. The predicted octanol–water partition coefficient (Wildman–Crippen LogP) is 5.50. The number of halogens is 4. The number of carbonyl (C=O) groups excluding carboxylic acids is 1. The summed E-state index contributed by atoms with van der Waals surface area (Å²) >= 11 is 4.84. The van der Waals surface area contributed by atoms with Crippen LogP contribution in [0.1, 0.15) is 28.0 Å². The molecule has 0 unspecified atom stereocenters. The fourth-order valence-electron chi connectivity index (χ4n) is 6.35. The number of fused-ring (bicyclic) bond motifs is 3. The van der Waals surface area contributed by atoms with E-state index in [0.29, 0.717) is 61.2 Å². The first-order chi connectivity index (χ1) is 24.2. The zero-order valence-corrected chi connectivity index (χ0v) is 27.2. The van der Waals surface area contributed by atoms with E-state index in [9.17, 15) is 18.0 Å². The van der Waals surface area contributed by atoms with Gasteiger partial charge in [0.05, 0.1) is 36.7 Å². The van der Waals surface area contributed by atoms with Crippen LogP contribution in [0.4, 0.5) is 30.5 Å². The van der Waals surface area contributed by atoms with Crippen molar-refractivity contribution in [1.29, 1.82) is 0 Å². The van der Waals surface area contributed by atoms with Gasteiger partial charge < -0.3 is 24.6 Å². The van der Waals surface area contributed by atoms with Crippen molar-refractivity contribution in [3.8, 4) is 34.1 Å². The van der Waals surface area contributed by atoms with Crippen LogP contribution in [0.5, 0.6) is 5.75 Å². The maximum atomic E-state index is 14.3. The largest absolute Gasteiger partial charge is 0.487 e. The topological polar surface area (TPSA) is 123 Å². The molecule has 2 aliphatic heterocycles. The van der Waals surface area contributed by atoms with Crippen LogP contribution in [0, 0.1) is 0 Å². The Hall–Kier alpha value is -5.28. The van der Waals surface area contributed by atoms with Crippen LogP contribution in [0.2, 0.25) is 0 Å². The first-order valence-electron chi connectivity index (χ1n) is 16.0. The summed E-state index contributed by atoms with van der Waals surface area (Å²) < 4.78 is 51.8. The number of ether oxygens (including phenoxy) is 2. The van der Waals surface area contributed by atoms with Crippen molar-refractivity contribution in [3.05, 3.63) is 84.1 Å². The average molecular weight is 704 g/mol. The normalized spacial score (nSPS) is 17.1. The Balaban J connectivity index is 1.10. The summed E-state index contributed by atoms with van der Waals surface area (Å²) in [5.41, 5.74) is 1.41. The molecule has 16 heteroatoms. The summed E-state index contributed by atoms with van der Waals surface area (Å²) in [4.78, 5) is 36.0. The van der Waals surface area contributed by atoms with E-state index in [-0.39, 0.29) is 17.9 Å². The summed E-state index contributed by atoms with van der Waals surface area (Å²) in [6.07, 6.45) is 6.74. The third-order valence-electron chi connectivity index (χ3n) is 8.76. The highest BCUT2D eigenvalue weighted by Gasteiger charge is 2.30. The zero-order valence-electron chi connectivity index (χ0n) is 26.4. The molecule has 1 N–H and O–H groups in total. The van der Waals surface area contributed by atoms with Crippen molar-refractivity contribution in [2.45, 2.75) is 24.6 Å². The number of rotatable bonds is 8. The number of benzene rings is 1. The van der Waals surface area contributed by atoms with Crippen LogP contribution >= 0.6 is 11.6 Å². The molecule has 0 radical (unpaired) electrons. The van der Waals surface area contributed by atoms with Gasteiger partial charge in [-0.25, -0.2) is 19.0 Å². The highest BCUT2D eigenvalue weighted by molar-refractivity contribution is 6.20. The SMILES string of the molecule is O=C(Nc1ccc(OC(F)(F)Cl)cc1)c1cnc(N2CC[C@@H](F)C2)c(-c2cnc3c(c2)-c2nn(-c4nccc(N5CCOCC5)n4)cc2C3)c1. The molecule has 3 aliphatic rings. The molecule has 1 aliphatic carbocycles. The first-order valence-corrected chi connectivity index (χ1v) is 16.4. The molecule has 5 aromatic rings. The lowest BCUT2D eigenvalue weighted by Crippen LogP contribution is -2.36. The van der Waals surface area contributed by atoms with Crippen molar-refractivity contribution < 1.29 is 27.4 Å². The van der Waals surface area contributed by atoms with Gasteiger partial charge in [-0.1, -0.05) is 0 Å². The second-order valence-electron chi connectivity index (χ2n) is 12.1. The van der Waals surface area contributed by atoms with E-state index < -0.39 is 17.6 Å². The second-order valence-corrected chi connectivity index (χ2v) is 12.6. The third-order valence-corrected chi connectivity index (χ3v) is 8.83. The molecule has 4 aromatic heterocycles. The summed E-state index contributed by atoms with van der Waals surface area (Å²) in [6.45, 7) is 3.43. The van der Waals surface area contributed by atoms with Gasteiger partial charge in [0.2, 0.25) is 0 Å². The van der Waals surface area contributed by atoms with Gasteiger partial charge in [-0.2, -0.15) is 10.1 Å². The number of nitrogens with one attached hydrogen (secondary N) is 1. The Morgan fingerprint density at radius 3 is 2.58 bits per heavy atom. The van der Waals surface area contributed by atoms with E-state index >= 15 is 0 Å². The first kappa shape index (κ1) is 32.0. The van der Waals surface area contributed by atoms with E-state index in [0.717, 1.165) is 41.4 Å². The minimum absolute atomic E-state index is 0.167. The van der Waals surface area contributed by atoms with Crippen LogP contribution in [0.25, 0.3) is 28.3 Å². The van der Waals surface area contributed by atoms with Crippen molar-refractivity contribution >= 4 is 34.8 Å². The standard InChI is InChI=1S/C34H29ClF3N9O3/c35-34(37,38)50-25-3-1-24(2-4-25)42-32(48)21-14-26(31(41-17-21)46-8-6-23(36)19-46)20-13-27-28(40-16-20)15-22-18-47(44-30(22)27)33-39-7-5-29(43-33)45-9-11-49-12-10-45/h1-5,7,13-14,16-18,23H,6,8-12,15,19H2,(H,42,48)/t23-/m1/s1. The smallest absolute Gasteiger partial charge is 0.420 e. The van der Waals surface area contributed by atoms with E-state index in [1.54, 1.807) is 23.1 Å². The molecule has 1 amide bonds. The monoisotopic (exact) mass is 703 g/mol. The molecule has 8 rings (SSSR count). The molecule has 0 spiro atoms. The number of morpholine rings is 1. The minimum Gasteiger partial charge on any atom is -0.420 e. The third kappa shape index (κ3) is 6.53. The van der Waals surface area contributed by atoms with Gasteiger partial charge in [0.1, 0.15) is 23.6 Å². The fourth-order valence-corrected chi connectivity index (χ4v) is 6.44. The van der Waals surface area contributed by atoms with Gasteiger partial charge >= 0.3 is 5.57 Å². The molecule has 50 heavy (non-hydrogen) atoms. The second kappa shape index (κ2) is 12.9. The van der Waals surface area contributed by atoms with Crippen LogP contribution < -0.4 is 19.9 Å². The van der Waals surface area contributed by atoms with Crippen LogP contribution in [0.3, 0.4) is 0 Å². The number of hydrogen-bond donors (Lipinski definition) is 1. The lowest BCUT2D eigenvalue weighted by atomic mass is 10.0. The van der Waals surface area contributed by atoms with Crippen molar-refractivity contribution in [3.63, 3.8) is 0 Å². The van der Waals surface area contributed by atoms with E-state index in [1.165, 1.54) is 30.5 Å². The highest BCUT2D eigenvalue weighted by Crippen LogP contribution is 2.40. The lowest BCUT2D eigenvalue weighted by Gasteiger charge is -2.27. The molecule has 12 nitrogen and oxygen atoms in total. The molecule has 256 valence electrons. The molecular formula is C34H29ClF3N9O3. The Kier molecular flexibility index (Phi) is 8.23. The average Bonchev–Trinajstić information content (AvgIpc) is 3.83. The van der Waals surface area contributed by atoms with Crippen molar-refractivity contribution in [2.75, 3.05) is 54.5 Å². The number of anilines is 3. The lowest BCUT2D eigenvalue weighted by molar-refractivity contribution is -0.0964. The van der Waals surface area contributed by atoms with E-state index in [2.05, 4.69) is 24.9 Å². The summed E-state index contributed by atoms with van der Waals surface area (Å²) in [6, 6.07) is 10.9. The quantitative estimate of drug-likeness (QED) is 0.204. The maximum Gasteiger partial charge on any atom is 0.487 e. The molecule has 0 saturated carbocycles. The number of amides is 1. The van der Waals surface area contributed by atoms with Crippen LogP contribution in [-0.4, -0.2) is 86.8 Å². The van der Waals surface area contributed by atoms with E-state index in [4.69, 9.17) is 31.4 Å². The predicted molar refractivity (Wildman–Crippen MR) is 179 cm³/mol.